The van der Waals surface area contributed by atoms with Gasteiger partial charge in [-0.15, -0.1) is 10.2 Å². The minimum Gasteiger partial charge on any atom is -0.461 e. The van der Waals surface area contributed by atoms with Gasteiger partial charge in [-0.3, -0.25) is 0 Å². The van der Waals surface area contributed by atoms with Crippen molar-refractivity contribution in [3.63, 3.8) is 0 Å². The highest BCUT2D eigenvalue weighted by atomic mass is 32.2. The predicted octanol–water partition coefficient (Wildman–Crippen LogP) is 1.84. The van der Waals surface area contributed by atoms with Crippen LogP contribution in [-0.2, 0) is 5.75 Å². The molecule has 0 radical (unpaired) electrons. The molecule has 2 N–H and O–H groups in total. The summed E-state index contributed by atoms with van der Waals surface area (Å²) in [5, 5.41) is 12.5. The Bertz CT molecular complexity index is 673. The van der Waals surface area contributed by atoms with Gasteiger partial charge in [0.2, 0.25) is 11.0 Å². The SMILES string of the molecule is Cc1cc(CSc2nnc(-c3ccco3)n2N)no1. The lowest BCUT2D eigenvalue weighted by Crippen LogP contribution is -2.11. The van der Waals surface area contributed by atoms with Gasteiger partial charge in [-0.05, 0) is 19.1 Å². The third-order valence-electron chi connectivity index (χ3n) is 2.43. The molecule has 0 fully saturated rings. The van der Waals surface area contributed by atoms with E-state index >= 15 is 0 Å². The van der Waals surface area contributed by atoms with Crippen LogP contribution < -0.4 is 5.84 Å². The highest BCUT2D eigenvalue weighted by Gasteiger charge is 2.14. The third kappa shape index (κ3) is 2.34. The fourth-order valence-electron chi connectivity index (χ4n) is 1.57. The Labute approximate surface area is 112 Å². The average molecular weight is 277 g/mol. The standard InChI is InChI=1S/C11H11N5O2S/c1-7-5-8(15-18-7)6-19-11-14-13-10(16(11)12)9-3-2-4-17-9/h2-5H,6,12H2,1H3. The average Bonchev–Trinajstić information content (AvgIpc) is 3.09. The number of nitrogens with zero attached hydrogens (tertiary/aromatic N) is 4. The van der Waals surface area contributed by atoms with Crippen LogP contribution in [0.5, 0.6) is 0 Å². The number of thioether (sulfide) groups is 1. The van der Waals surface area contributed by atoms with Crippen LogP contribution >= 0.6 is 11.8 Å². The van der Waals surface area contributed by atoms with Crippen molar-refractivity contribution in [3.05, 3.63) is 35.9 Å². The quantitative estimate of drug-likeness (QED) is 0.574. The van der Waals surface area contributed by atoms with Gasteiger partial charge in [-0.2, -0.15) is 0 Å². The van der Waals surface area contributed by atoms with Crippen molar-refractivity contribution in [2.45, 2.75) is 17.8 Å². The van der Waals surface area contributed by atoms with Crippen molar-refractivity contribution in [2.75, 3.05) is 5.84 Å². The molecule has 98 valence electrons. The minimum atomic E-state index is 0.490. The lowest BCUT2D eigenvalue weighted by Gasteiger charge is -2.00. The van der Waals surface area contributed by atoms with Gasteiger partial charge in [0, 0.05) is 11.8 Å². The zero-order valence-electron chi connectivity index (χ0n) is 10.1. The van der Waals surface area contributed by atoms with Gasteiger partial charge in [0.05, 0.1) is 12.0 Å². The molecule has 0 aliphatic carbocycles. The summed E-state index contributed by atoms with van der Waals surface area (Å²) >= 11 is 1.43. The van der Waals surface area contributed by atoms with Crippen LogP contribution in [0.1, 0.15) is 11.5 Å². The number of aromatic nitrogens is 4. The Balaban J connectivity index is 1.75. The van der Waals surface area contributed by atoms with Crippen LogP contribution in [0.15, 0.2) is 38.6 Å². The zero-order valence-corrected chi connectivity index (χ0v) is 10.9. The van der Waals surface area contributed by atoms with Gasteiger partial charge < -0.3 is 14.8 Å². The smallest absolute Gasteiger partial charge is 0.218 e. The molecule has 3 aromatic rings. The molecule has 19 heavy (non-hydrogen) atoms. The summed E-state index contributed by atoms with van der Waals surface area (Å²) in [6.45, 7) is 1.85. The Kier molecular flexibility index (Phi) is 3.00. The Morgan fingerprint density at radius 2 is 2.32 bits per heavy atom. The Morgan fingerprint density at radius 1 is 1.42 bits per heavy atom. The molecule has 8 heteroatoms. The predicted molar refractivity (Wildman–Crippen MR) is 68.7 cm³/mol. The van der Waals surface area contributed by atoms with E-state index in [2.05, 4.69) is 15.4 Å². The second kappa shape index (κ2) is 4.81. The number of furan rings is 1. The van der Waals surface area contributed by atoms with Crippen LogP contribution in [0.2, 0.25) is 0 Å². The van der Waals surface area contributed by atoms with E-state index in [0.717, 1.165) is 11.5 Å². The topological polar surface area (TPSA) is 95.9 Å². The van der Waals surface area contributed by atoms with Gasteiger partial charge in [0.1, 0.15) is 5.76 Å². The fourth-order valence-corrected chi connectivity index (χ4v) is 2.31. The number of rotatable bonds is 4. The Morgan fingerprint density at radius 3 is 3.00 bits per heavy atom. The summed E-state index contributed by atoms with van der Waals surface area (Å²) in [7, 11) is 0. The molecule has 0 saturated heterocycles. The highest BCUT2D eigenvalue weighted by Crippen LogP contribution is 2.24. The lowest BCUT2D eigenvalue weighted by atomic mass is 10.4. The largest absolute Gasteiger partial charge is 0.461 e. The second-order valence-electron chi connectivity index (χ2n) is 3.87. The molecule has 0 aromatic carbocycles. The molecule has 0 saturated carbocycles. The van der Waals surface area contributed by atoms with E-state index in [0.29, 0.717) is 22.5 Å². The van der Waals surface area contributed by atoms with Crippen molar-refractivity contribution in [2.24, 2.45) is 0 Å². The van der Waals surface area contributed by atoms with Crippen LogP contribution in [0.4, 0.5) is 0 Å². The number of hydrogen-bond acceptors (Lipinski definition) is 7. The maximum absolute atomic E-state index is 5.93. The molecule has 0 bridgehead atoms. The van der Waals surface area contributed by atoms with E-state index in [4.69, 9.17) is 14.8 Å². The van der Waals surface area contributed by atoms with E-state index in [-0.39, 0.29) is 0 Å². The van der Waals surface area contributed by atoms with E-state index < -0.39 is 0 Å². The number of nitrogen functional groups attached to an aromatic ring is 1. The molecule has 0 atom stereocenters. The highest BCUT2D eigenvalue weighted by molar-refractivity contribution is 7.98. The van der Waals surface area contributed by atoms with Crippen molar-refractivity contribution < 1.29 is 8.94 Å². The molecule has 0 unspecified atom stereocenters. The molecule has 0 aliphatic heterocycles. The lowest BCUT2D eigenvalue weighted by molar-refractivity contribution is 0.393. The van der Waals surface area contributed by atoms with Gasteiger partial charge in [0.25, 0.3) is 0 Å². The molecule has 0 aliphatic rings. The summed E-state index contributed by atoms with van der Waals surface area (Å²) in [4.78, 5) is 0. The summed E-state index contributed by atoms with van der Waals surface area (Å²) in [6.07, 6.45) is 1.56. The fraction of sp³-hybridized carbons (Fsp3) is 0.182. The van der Waals surface area contributed by atoms with Crippen molar-refractivity contribution >= 4 is 11.8 Å². The number of hydrogen-bond donors (Lipinski definition) is 1. The van der Waals surface area contributed by atoms with Gasteiger partial charge in [0.15, 0.2) is 5.76 Å². The normalized spacial score (nSPS) is 11.0. The number of aryl methyl sites for hydroxylation is 1. The summed E-state index contributed by atoms with van der Waals surface area (Å²) < 4.78 is 11.6. The first-order chi connectivity index (χ1) is 9.24. The Hall–Kier alpha value is -2.22. The van der Waals surface area contributed by atoms with E-state index in [1.807, 2.05) is 13.0 Å². The van der Waals surface area contributed by atoms with Gasteiger partial charge >= 0.3 is 0 Å². The monoisotopic (exact) mass is 277 g/mol. The van der Waals surface area contributed by atoms with Gasteiger partial charge in [-0.25, -0.2) is 4.68 Å². The van der Waals surface area contributed by atoms with Gasteiger partial charge in [-0.1, -0.05) is 16.9 Å². The number of nitrogens with two attached hydrogens (primary N) is 1. The van der Waals surface area contributed by atoms with E-state index in [1.54, 1.807) is 18.4 Å². The first kappa shape index (κ1) is 11.8. The zero-order chi connectivity index (χ0) is 13.2. The summed E-state index contributed by atoms with van der Waals surface area (Å²) in [5.74, 6) is 8.40. The molecule has 3 heterocycles. The van der Waals surface area contributed by atoms with E-state index in [9.17, 15) is 0 Å². The molecule has 3 rings (SSSR count). The van der Waals surface area contributed by atoms with Crippen LogP contribution in [-0.4, -0.2) is 20.0 Å². The van der Waals surface area contributed by atoms with Crippen molar-refractivity contribution in [3.8, 4) is 11.6 Å². The molecule has 0 amide bonds. The minimum absolute atomic E-state index is 0.490. The first-order valence-corrected chi connectivity index (χ1v) is 6.52. The second-order valence-corrected chi connectivity index (χ2v) is 4.81. The maximum atomic E-state index is 5.93. The molecular weight excluding hydrogens is 266 g/mol. The molecular formula is C11H11N5O2S. The van der Waals surface area contributed by atoms with Crippen molar-refractivity contribution in [1.29, 1.82) is 0 Å². The first-order valence-electron chi connectivity index (χ1n) is 5.53. The molecule has 3 aromatic heterocycles. The van der Waals surface area contributed by atoms with Crippen LogP contribution in [0.25, 0.3) is 11.6 Å². The van der Waals surface area contributed by atoms with E-state index in [1.165, 1.54) is 16.4 Å². The summed E-state index contributed by atoms with van der Waals surface area (Å²) in [5.41, 5.74) is 0.838. The molecule has 0 spiro atoms. The molecule has 7 nitrogen and oxygen atoms in total. The third-order valence-corrected chi connectivity index (χ3v) is 3.41. The van der Waals surface area contributed by atoms with Crippen molar-refractivity contribution in [1.82, 2.24) is 20.0 Å². The maximum Gasteiger partial charge on any atom is 0.218 e. The van der Waals surface area contributed by atoms with Crippen LogP contribution in [0.3, 0.4) is 0 Å². The summed E-state index contributed by atoms with van der Waals surface area (Å²) in [6, 6.07) is 5.43. The van der Waals surface area contributed by atoms with Crippen LogP contribution in [0, 0.1) is 6.92 Å².